The highest BCUT2D eigenvalue weighted by molar-refractivity contribution is 5.62. The van der Waals surface area contributed by atoms with Crippen LogP contribution in [0, 0.1) is 5.92 Å². The van der Waals surface area contributed by atoms with E-state index in [0.717, 1.165) is 6.92 Å². The minimum absolute atomic E-state index is 0.101. The maximum atomic E-state index is 11.7. The molecule has 78 valence electrons. The molecule has 0 saturated carbocycles. The fraction of sp³-hybridized carbons (Fsp3) is 0.857. The normalized spacial score (nSPS) is 22.0. The van der Waals surface area contributed by atoms with E-state index in [4.69, 9.17) is 9.90 Å². The van der Waals surface area contributed by atoms with Gasteiger partial charge in [-0.05, 0) is 13.0 Å². The van der Waals surface area contributed by atoms with Gasteiger partial charge in [0.25, 0.3) is 5.97 Å². The Hall–Kier alpha value is -0.780. The van der Waals surface area contributed by atoms with Crippen molar-refractivity contribution >= 4 is 5.97 Å². The van der Waals surface area contributed by atoms with Gasteiger partial charge in [-0.1, -0.05) is 0 Å². The maximum absolute atomic E-state index is 11.7. The van der Waals surface area contributed by atoms with E-state index in [9.17, 15) is 13.2 Å². The molecule has 0 radical (unpaired) electrons. The standard InChI is InChI=1S/C5H8F3N.C2H4O2/c6-5(7,8)4-1-2-9-3-4;1-2(3)4/h4,9H,1-3H2;1H3,(H,3,4). The summed E-state index contributed by atoms with van der Waals surface area (Å²) >= 11 is 0. The molecule has 13 heavy (non-hydrogen) atoms. The van der Waals surface area contributed by atoms with Crippen LogP contribution in [0.4, 0.5) is 13.2 Å². The molecular weight excluding hydrogens is 187 g/mol. The highest BCUT2D eigenvalue weighted by Gasteiger charge is 2.40. The lowest BCUT2D eigenvalue weighted by atomic mass is 10.1. The number of carboxylic acid groups (broad SMARTS) is 1. The number of halogens is 3. The highest BCUT2D eigenvalue weighted by Crippen LogP contribution is 2.29. The largest absolute Gasteiger partial charge is 0.481 e. The van der Waals surface area contributed by atoms with Crippen molar-refractivity contribution in [3.05, 3.63) is 0 Å². The van der Waals surface area contributed by atoms with Crippen molar-refractivity contribution in [3.8, 4) is 0 Å². The third-order valence-electron chi connectivity index (χ3n) is 1.52. The van der Waals surface area contributed by atoms with Crippen molar-refractivity contribution in [2.24, 2.45) is 5.92 Å². The van der Waals surface area contributed by atoms with Gasteiger partial charge in [-0.3, -0.25) is 4.79 Å². The van der Waals surface area contributed by atoms with Crippen molar-refractivity contribution in [3.63, 3.8) is 0 Å². The zero-order chi connectivity index (χ0) is 10.5. The van der Waals surface area contributed by atoms with Gasteiger partial charge in [-0.2, -0.15) is 13.2 Å². The Morgan fingerprint density at radius 1 is 1.54 bits per heavy atom. The summed E-state index contributed by atoms with van der Waals surface area (Å²) in [6.45, 7) is 1.69. The van der Waals surface area contributed by atoms with Crippen molar-refractivity contribution in [1.29, 1.82) is 0 Å². The van der Waals surface area contributed by atoms with Crippen LogP contribution < -0.4 is 5.32 Å². The van der Waals surface area contributed by atoms with Gasteiger partial charge in [-0.15, -0.1) is 0 Å². The molecule has 2 N–H and O–H groups in total. The summed E-state index contributed by atoms with van der Waals surface area (Å²) in [6.07, 6.45) is -3.74. The van der Waals surface area contributed by atoms with Crippen LogP contribution in [0.1, 0.15) is 13.3 Å². The number of nitrogens with one attached hydrogen (secondary N) is 1. The molecule has 6 heteroatoms. The molecule has 1 saturated heterocycles. The van der Waals surface area contributed by atoms with Crippen LogP contribution in [0.5, 0.6) is 0 Å². The Kier molecular flexibility index (Phi) is 4.76. The van der Waals surface area contributed by atoms with E-state index in [2.05, 4.69) is 5.32 Å². The van der Waals surface area contributed by atoms with Crippen molar-refractivity contribution < 1.29 is 23.1 Å². The molecule has 1 heterocycles. The second kappa shape index (κ2) is 5.06. The summed E-state index contributed by atoms with van der Waals surface area (Å²) in [7, 11) is 0. The Morgan fingerprint density at radius 3 is 2.15 bits per heavy atom. The molecule has 3 nitrogen and oxygen atoms in total. The number of hydrogen-bond acceptors (Lipinski definition) is 2. The summed E-state index contributed by atoms with van der Waals surface area (Å²) in [6, 6.07) is 0. The molecule has 1 aliphatic rings. The first-order valence-corrected chi connectivity index (χ1v) is 3.81. The first-order chi connectivity index (χ1) is 5.84. The molecule has 1 fully saturated rings. The van der Waals surface area contributed by atoms with Crippen LogP contribution in [0.3, 0.4) is 0 Å². The summed E-state index contributed by atoms with van der Waals surface area (Å²) in [5.74, 6) is -1.93. The molecule has 1 rings (SSSR count). The average molecular weight is 199 g/mol. The zero-order valence-corrected chi connectivity index (χ0v) is 7.19. The summed E-state index contributed by atoms with van der Waals surface area (Å²) in [5, 5.41) is 10.1. The summed E-state index contributed by atoms with van der Waals surface area (Å²) < 4.78 is 35.2. The van der Waals surface area contributed by atoms with Gasteiger partial charge in [0.15, 0.2) is 0 Å². The van der Waals surface area contributed by atoms with E-state index in [0.29, 0.717) is 6.54 Å². The van der Waals surface area contributed by atoms with Gasteiger partial charge in [-0.25, -0.2) is 0 Å². The van der Waals surface area contributed by atoms with Crippen molar-refractivity contribution in [1.82, 2.24) is 5.32 Å². The van der Waals surface area contributed by atoms with Gasteiger partial charge in [0.1, 0.15) is 0 Å². The van der Waals surface area contributed by atoms with Gasteiger partial charge in [0.05, 0.1) is 5.92 Å². The third kappa shape index (κ3) is 6.39. The van der Waals surface area contributed by atoms with Crippen LogP contribution in [-0.2, 0) is 4.79 Å². The fourth-order valence-corrected chi connectivity index (χ4v) is 0.934. The van der Waals surface area contributed by atoms with Gasteiger partial charge in [0.2, 0.25) is 0 Å². The highest BCUT2D eigenvalue weighted by atomic mass is 19.4. The number of carbonyl (C=O) groups is 1. The molecule has 0 amide bonds. The van der Waals surface area contributed by atoms with Crippen LogP contribution in [0.15, 0.2) is 0 Å². The monoisotopic (exact) mass is 199 g/mol. The summed E-state index contributed by atoms with van der Waals surface area (Å²) in [4.78, 5) is 9.00. The molecule has 1 unspecified atom stereocenters. The lowest BCUT2D eigenvalue weighted by molar-refractivity contribution is -0.168. The lowest BCUT2D eigenvalue weighted by Gasteiger charge is -2.11. The van der Waals surface area contributed by atoms with Gasteiger partial charge < -0.3 is 10.4 Å². The number of aliphatic carboxylic acids is 1. The lowest BCUT2D eigenvalue weighted by Crippen LogP contribution is -2.24. The van der Waals surface area contributed by atoms with Crippen LogP contribution in [0.2, 0.25) is 0 Å². The molecule has 0 aromatic rings. The number of hydrogen-bond donors (Lipinski definition) is 2. The second-order valence-electron chi connectivity index (χ2n) is 2.75. The fourth-order valence-electron chi connectivity index (χ4n) is 0.934. The Balaban J connectivity index is 0.000000310. The Morgan fingerprint density at radius 2 is 2.00 bits per heavy atom. The number of rotatable bonds is 0. The van der Waals surface area contributed by atoms with E-state index in [1.165, 1.54) is 0 Å². The van der Waals surface area contributed by atoms with E-state index in [1.54, 1.807) is 0 Å². The minimum atomic E-state index is -3.98. The Bertz CT molecular complexity index is 160. The third-order valence-corrected chi connectivity index (χ3v) is 1.52. The van der Waals surface area contributed by atoms with E-state index < -0.39 is 18.1 Å². The predicted octanol–water partition coefficient (Wildman–Crippen LogP) is 1.25. The quantitative estimate of drug-likeness (QED) is 0.617. The predicted molar refractivity (Wildman–Crippen MR) is 40.3 cm³/mol. The number of alkyl halides is 3. The smallest absolute Gasteiger partial charge is 0.393 e. The van der Waals surface area contributed by atoms with Crippen molar-refractivity contribution in [2.45, 2.75) is 19.5 Å². The number of carboxylic acids is 1. The van der Waals surface area contributed by atoms with Crippen LogP contribution in [-0.4, -0.2) is 30.3 Å². The van der Waals surface area contributed by atoms with Gasteiger partial charge >= 0.3 is 6.18 Å². The Labute approximate surface area is 73.9 Å². The molecule has 0 spiro atoms. The molecule has 0 bridgehead atoms. The SMILES string of the molecule is CC(=O)O.FC(F)(F)C1CCNC1. The molecule has 0 aromatic carbocycles. The van der Waals surface area contributed by atoms with Gasteiger partial charge in [0, 0.05) is 13.5 Å². The van der Waals surface area contributed by atoms with Crippen LogP contribution >= 0.6 is 0 Å². The summed E-state index contributed by atoms with van der Waals surface area (Å²) in [5.41, 5.74) is 0. The van der Waals surface area contributed by atoms with Crippen molar-refractivity contribution in [2.75, 3.05) is 13.1 Å². The van der Waals surface area contributed by atoms with E-state index >= 15 is 0 Å². The molecule has 1 aliphatic heterocycles. The zero-order valence-electron chi connectivity index (χ0n) is 7.19. The topological polar surface area (TPSA) is 49.3 Å². The van der Waals surface area contributed by atoms with E-state index in [1.807, 2.05) is 0 Å². The molecule has 0 aliphatic carbocycles. The van der Waals surface area contributed by atoms with E-state index in [-0.39, 0.29) is 13.0 Å². The van der Waals surface area contributed by atoms with Crippen LogP contribution in [0.25, 0.3) is 0 Å². The molecular formula is C7H12F3NO2. The first-order valence-electron chi connectivity index (χ1n) is 3.81. The molecule has 0 aromatic heterocycles. The minimum Gasteiger partial charge on any atom is -0.481 e. The maximum Gasteiger partial charge on any atom is 0.393 e. The first kappa shape index (κ1) is 12.2. The average Bonchev–Trinajstić information content (AvgIpc) is 2.31. The molecule has 1 atom stereocenters. The second-order valence-corrected chi connectivity index (χ2v) is 2.75.